The maximum absolute atomic E-state index is 5.37. The van der Waals surface area contributed by atoms with Crippen LogP contribution in [0.2, 0.25) is 0 Å². The van der Waals surface area contributed by atoms with Crippen molar-refractivity contribution in [2.45, 2.75) is 6.92 Å². The van der Waals surface area contributed by atoms with Crippen molar-refractivity contribution in [3.63, 3.8) is 0 Å². The maximum atomic E-state index is 5.37. The predicted octanol–water partition coefficient (Wildman–Crippen LogP) is 3.80. The van der Waals surface area contributed by atoms with Gasteiger partial charge in [-0.25, -0.2) is 0 Å². The van der Waals surface area contributed by atoms with Crippen LogP contribution < -0.4 is 0 Å². The van der Waals surface area contributed by atoms with Gasteiger partial charge in [0.05, 0.1) is 11.8 Å². The van der Waals surface area contributed by atoms with Crippen molar-refractivity contribution in [2.24, 2.45) is 0 Å². The standard InChI is InChI=1S/C14H11NO/c1-10-6-7-15-13-9-11(4-5-12(10)13)14-3-2-8-16-14/h2-9H,1H3. The topological polar surface area (TPSA) is 26.0 Å². The zero-order valence-electron chi connectivity index (χ0n) is 8.97. The summed E-state index contributed by atoms with van der Waals surface area (Å²) in [6, 6.07) is 12.1. The number of aryl methyl sites for hydroxylation is 1. The van der Waals surface area contributed by atoms with Crippen LogP contribution in [0.4, 0.5) is 0 Å². The first kappa shape index (κ1) is 9.16. The maximum Gasteiger partial charge on any atom is 0.133 e. The summed E-state index contributed by atoms with van der Waals surface area (Å²) in [5.74, 6) is 0.880. The number of pyridine rings is 1. The lowest BCUT2D eigenvalue weighted by molar-refractivity contribution is 0.582. The fourth-order valence-corrected chi connectivity index (χ4v) is 1.89. The number of rotatable bonds is 1. The van der Waals surface area contributed by atoms with Gasteiger partial charge in [0.1, 0.15) is 5.76 Å². The van der Waals surface area contributed by atoms with E-state index in [1.54, 1.807) is 6.26 Å². The minimum Gasteiger partial charge on any atom is -0.464 e. The van der Waals surface area contributed by atoms with Crippen LogP contribution in [0.5, 0.6) is 0 Å². The second kappa shape index (κ2) is 3.49. The smallest absolute Gasteiger partial charge is 0.133 e. The van der Waals surface area contributed by atoms with Crippen molar-refractivity contribution >= 4 is 10.9 Å². The molecule has 0 radical (unpaired) electrons. The number of hydrogen-bond acceptors (Lipinski definition) is 2. The van der Waals surface area contributed by atoms with Gasteiger partial charge in [0.25, 0.3) is 0 Å². The van der Waals surface area contributed by atoms with E-state index in [1.807, 2.05) is 24.4 Å². The third-order valence-corrected chi connectivity index (χ3v) is 2.77. The second-order valence-corrected chi connectivity index (χ2v) is 3.84. The monoisotopic (exact) mass is 209 g/mol. The number of aromatic nitrogens is 1. The van der Waals surface area contributed by atoms with E-state index < -0.39 is 0 Å². The Morgan fingerprint density at radius 3 is 2.88 bits per heavy atom. The van der Waals surface area contributed by atoms with E-state index in [9.17, 15) is 0 Å². The molecule has 1 aromatic carbocycles. The van der Waals surface area contributed by atoms with E-state index >= 15 is 0 Å². The summed E-state index contributed by atoms with van der Waals surface area (Å²) in [6.07, 6.45) is 3.52. The van der Waals surface area contributed by atoms with Gasteiger partial charge >= 0.3 is 0 Å². The van der Waals surface area contributed by atoms with Crippen molar-refractivity contribution < 1.29 is 4.42 Å². The third kappa shape index (κ3) is 1.39. The Morgan fingerprint density at radius 1 is 1.12 bits per heavy atom. The summed E-state index contributed by atoms with van der Waals surface area (Å²) < 4.78 is 5.37. The fourth-order valence-electron chi connectivity index (χ4n) is 1.89. The van der Waals surface area contributed by atoms with Gasteiger partial charge in [-0.1, -0.05) is 12.1 Å². The highest BCUT2D eigenvalue weighted by atomic mass is 16.3. The minimum absolute atomic E-state index is 0.880. The van der Waals surface area contributed by atoms with Gasteiger partial charge in [0, 0.05) is 17.1 Å². The van der Waals surface area contributed by atoms with Crippen LogP contribution in [0.15, 0.2) is 53.3 Å². The Bertz CT molecular complexity index is 626. The quantitative estimate of drug-likeness (QED) is 0.609. The van der Waals surface area contributed by atoms with E-state index in [1.165, 1.54) is 10.9 Å². The summed E-state index contributed by atoms with van der Waals surface area (Å²) >= 11 is 0. The highest BCUT2D eigenvalue weighted by molar-refractivity contribution is 5.85. The molecule has 0 aliphatic carbocycles. The van der Waals surface area contributed by atoms with Crippen LogP contribution >= 0.6 is 0 Å². The Morgan fingerprint density at radius 2 is 2.06 bits per heavy atom. The average molecular weight is 209 g/mol. The van der Waals surface area contributed by atoms with Crippen molar-refractivity contribution in [3.05, 3.63) is 54.4 Å². The average Bonchev–Trinajstić information content (AvgIpc) is 2.82. The second-order valence-electron chi connectivity index (χ2n) is 3.84. The molecule has 0 unspecified atom stereocenters. The molecule has 16 heavy (non-hydrogen) atoms. The highest BCUT2D eigenvalue weighted by Gasteiger charge is 2.03. The predicted molar refractivity (Wildman–Crippen MR) is 64.2 cm³/mol. The molecule has 0 aliphatic heterocycles. The molecule has 0 bridgehead atoms. The van der Waals surface area contributed by atoms with E-state index in [-0.39, 0.29) is 0 Å². The summed E-state index contributed by atoms with van der Waals surface area (Å²) in [6.45, 7) is 2.09. The molecule has 0 amide bonds. The van der Waals surface area contributed by atoms with E-state index in [0.717, 1.165) is 16.8 Å². The van der Waals surface area contributed by atoms with Crippen LogP contribution in [0.25, 0.3) is 22.2 Å². The Hall–Kier alpha value is -2.09. The largest absolute Gasteiger partial charge is 0.464 e. The normalized spacial score (nSPS) is 10.8. The van der Waals surface area contributed by atoms with Crippen molar-refractivity contribution in [3.8, 4) is 11.3 Å². The summed E-state index contributed by atoms with van der Waals surface area (Å²) in [5, 5.41) is 1.19. The summed E-state index contributed by atoms with van der Waals surface area (Å²) in [7, 11) is 0. The molecule has 2 heterocycles. The number of fused-ring (bicyclic) bond motifs is 1. The van der Waals surface area contributed by atoms with E-state index in [0.29, 0.717) is 0 Å². The van der Waals surface area contributed by atoms with Gasteiger partial charge in [-0.15, -0.1) is 0 Å². The Labute approximate surface area is 93.5 Å². The number of furan rings is 1. The van der Waals surface area contributed by atoms with Crippen molar-refractivity contribution in [1.82, 2.24) is 4.98 Å². The Kier molecular flexibility index (Phi) is 2.00. The molecular formula is C14H11NO. The molecule has 3 rings (SSSR count). The van der Waals surface area contributed by atoms with Gasteiger partial charge in [-0.2, -0.15) is 0 Å². The number of benzene rings is 1. The van der Waals surface area contributed by atoms with Crippen molar-refractivity contribution in [2.75, 3.05) is 0 Å². The van der Waals surface area contributed by atoms with Gasteiger partial charge < -0.3 is 4.42 Å². The zero-order valence-corrected chi connectivity index (χ0v) is 8.97. The first-order chi connectivity index (χ1) is 7.84. The first-order valence-corrected chi connectivity index (χ1v) is 5.24. The molecule has 2 heteroatoms. The molecular weight excluding hydrogens is 198 g/mol. The SMILES string of the molecule is Cc1ccnc2cc(-c3ccco3)ccc12. The fraction of sp³-hybridized carbons (Fsp3) is 0.0714. The third-order valence-electron chi connectivity index (χ3n) is 2.77. The summed E-state index contributed by atoms with van der Waals surface area (Å²) in [5.41, 5.74) is 3.32. The van der Waals surface area contributed by atoms with Gasteiger partial charge in [0.2, 0.25) is 0 Å². The van der Waals surface area contributed by atoms with E-state index in [2.05, 4.69) is 30.1 Å². The van der Waals surface area contributed by atoms with Crippen LogP contribution in [-0.2, 0) is 0 Å². The summed E-state index contributed by atoms with van der Waals surface area (Å²) in [4.78, 5) is 4.37. The van der Waals surface area contributed by atoms with Crippen LogP contribution in [-0.4, -0.2) is 4.98 Å². The first-order valence-electron chi connectivity index (χ1n) is 5.24. The lowest BCUT2D eigenvalue weighted by atomic mass is 10.1. The van der Waals surface area contributed by atoms with Crippen molar-refractivity contribution in [1.29, 1.82) is 0 Å². The molecule has 0 aliphatic rings. The van der Waals surface area contributed by atoms with Crippen LogP contribution in [0.3, 0.4) is 0 Å². The van der Waals surface area contributed by atoms with Gasteiger partial charge in [0.15, 0.2) is 0 Å². The minimum atomic E-state index is 0.880. The molecule has 0 atom stereocenters. The van der Waals surface area contributed by atoms with Gasteiger partial charge in [-0.05, 0) is 36.8 Å². The van der Waals surface area contributed by atoms with E-state index in [4.69, 9.17) is 4.42 Å². The molecule has 0 saturated carbocycles. The molecule has 0 fully saturated rings. The van der Waals surface area contributed by atoms with Gasteiger partial charge in [-0.3, -0.25) is 4.98 Å². The zero-order chi connectivity index (χ0) is 11.0. The molecule has 0 spiro atoms. The number of hydrogen-bond donors (Lipinski definition) is 0. The molecule has 78 valence electrons. The molecule has 0 N–H and O–H groups in total. The van der Waals surface area contributed by atoms with Crippen LogP contribution in [0, 0.1) is 6.92 Å². The number of nitrogens with zero attached hydrogens (tertiary/aromatic N) is 1. The molecule has 0 saturated heterocycles. The Balaban J connectivity index is 2.24. The lowest BCUT2D eigenvalue weighted by Gasteiger charge is -2.02. The lowest BCUT2D eigenvalue weighted by Crippen LogP contribution is -1.83. The molecule has 3 aromatic rings. The highest BCUT2D eigenvalue weighted by Crippen LogP contribution is 2.24. The molecule has 2 nitrogen and oxygen atoms in total. The van der Waals surface area contributed by atoms with Crippen LogP contribution in [0.1, 0.15) is 5.56 Å². The molecule has 2 aromatic heterocycles.